The molecule has 0 heterocycles. The van der Waals surface area contributed by atoms with E-state index >= 15 is 0 Å². The molecule has 0 spiro atoms. The van der Waals surface area contributed by atoms with Crippen molar-refractivity contribution >= 4 is 5.91 Å². The molecular weight excluding hydrogens is 180 g/mol. The number of ether oxygens (including phenoxy) is 1. The Hall–Kier alpha value is -1.55. The Morgan fingerprint density at radius 1 is 1.50 bits per heavy atom. The Kier molecular flexibility index (Phi) is 3.94. The Labute approximate surface area is 83.0 Å². The number of hydrogen-bond donors (Lipinski definition) is 2. The molecule has 0 aliphatic heterocycles. The van der Waals surface area contributed by atoms with Crippen LogP contribution in [0.1, 0.15) is 12.5 Å². The first kappa shape index (κ1) is 10.5. The third kappa shape index (κ3) is 2.74. The Balaban J connectivity index is 2.78. The van der Waals surface area contributed by atoms with Crippen LogP contribution in [0.3, 0.4) is 0 Å². The lowest BCUT2D eigenvalue weighted by atomic mass is 10.1. The molecule has 4 heteroatoms. The summed E-state index contributed by atoms with van der Waals surface area (Å²) in [7, 11) is 0. The average Bonchev–Trinajstić information content (AvgIpc) is 2.21. The van der Waals surface area contributed by atoms with Gasteiger partial charge in [0.25, 0.3) is 0 Å². The number of benzene rings is 1. The molecule has 0 saturated carbocycles. The fraction of sp³-hybridized carbons (Fsp3) is 0.300. The van der Waals surface area contributed by atoms with Crippen molar-refractivity contribution in [1.29, 1.82) is 0 Å². The van der Waals surface area contributed by atoms with E-state index in [0.717, 1.165) is 11.3 Å². The minimum atomic E-state index is -0.225. The summed E-state index contributed by atoms with van der Waals surface area (Å²) < 4.78 is 5.36. The lowest BCUT2D eigenvalue weighted by Crippen LogP contribution is -2.31. The van der Waals surface area contributed by atoms with Crippen LogP contribution in [0, 0.1) is 0 Å². The highest BCUT2D eigenvalue weighted by Gasteiger charge is 2.06. The van der Waals surface area contributed by atoms with Gasteiger partial charge in [-0.3, -0.25) is 10.2 Å². The van der Waals surface area contributed by atoms with Crippen molar-refractivity contribution in [2.24, 2.45) is 5.84 Å². The zero-order chi connectivity index (χ0) is 10.4. The van der Waals surface area contributed by atoms with Crippen molar-refractivity contribution < 1.29 is 9.53 Å². The highest BCUT2D eigenvalue weighted by atomic mass is 16.5. The van der Waals surface area contributed by atoms with Gasteiger partial charge in [0, 0.05) is 5.56 Å². The third-order valence-corrected chi connectivity index (χ3v) is 1.78. The van der Waals surface area contributed by atoms with Gasteiger partial charge < -0.3 is 4.74 Å². The molecule has 1 rings (SSSR count). The van der Waals surface area contributed by atoms with Crippen LogP contribution in [0.2, 0.25) is 0 Å². The molecule has 1 amide bonds. The second kappa shape index (κ2) is 5.24. The molecule has 4 nitrogen and oxygen atoms in total. The first-order valence-corrected chi connectivity index (χ1v) is 4.48. The predicted octanol–water partition coefficient (Wildman–Crippen LogP) is 0.618. The number of nitrogens with one attached hydrogen (secondary N) is 1. The lowest BCUT2D eigenvalue weighted by molar-refractivity contribution is -0.120. The van der Waals surface area contributed by atoms with E-state index in [1.54, 1.807) is 0 Å². The van der Waals surface area contributed by atoms with Crippen LogP contribution in [-0.4, -0.2) is 12.5 Å². The van der Waals surface area contributed by atoms with E-state index in [1.807, 2.05) is 31.2 Å². The molecule has 0 unspecified atom stereocenters. The van der Waals surface area contributed by atoms with Crippen molar-refractivity contribution in [1.82, 2.24) is 5.43 Å². The van der Waals surface area contributed by atoms with Gasteiger partial charge in [-0.05, 0) is 13.0 Å². The molecule has 0 fully saturated rings. The van der Waals surface area contributed by atoms with Crippen LogP contribution >= 0.6 is 0 Å². The van der Waals surface area contributed by atoms with Gasteiger partial charge in [-0.15, -0.1) is 0 Å². The van der Waals surface area contributed by atoms with Gasteiger partial charge in [-0.25, -0.2) is 5.84 Å². The lowest BCUT2D eigenvalue weighted by Gasteiger charge is -2.08. The molecule has 76 valence electrons. The summed E-state index contributed by atoms with van der Waals surface area (Å²) >= 11 is 0. The predicted molar refractivity (Wildman–Crippen MR) is 53.6 cm³/mol. The molecular formula is C10H14N2O2. The number of hydrogen-bond acceptors (Lipinski definition) is 3. The van der Waals surface area contributed by atoms with Gasteiger partial charge in [-0.2, -0.15) is 0 Å². The van der Waals surface area contributed by atoms with E-state index in [1.165, 1.54) is 0 Å². The Morgan fingerprint density at radius 3 is 2.86 bits per heavy atom. The SMILES string of the molecule is CCOc1ccccc1CC(=O)NN. The fourth-order valence-electron chi connectivity index (χ4n) is 1.17. The van der Waals surface area contributed by atoms with Gasteiger partial charge in [-0.1, -0.05) is 18.2 Å². The molecule has 1 aromatic rings. The third-order valence-electron chi connectivity index (χ3n) is 1.78. The minimum absolute atomic E-state index is 0.225. The highest BCUT2D eigenvalue weighted by molar-refractivity contribution is 5.78. The summed E-state index contributed by atoms with van der Waals surface area (Å²) in [5.41, 5.74) is 2.93. The maximum Gasteiger partial charge on any atom is 0.238 e. The fourth-order valence-corrected chi connectivity index (χ4v) is 1.17. The van der Waals surface area contributed by atoms with Crippen LogP contribution in [-0.2, 0) is 11.2 Å². The topological polar surface area (TPSA) is 64.3 Å². The van der Waals surface area contributed by atoms with Gasteiger partial charge in [0.1, 0.15) is 5.75 Å². The number of carbonyl (C=O) groups is 1. The molecule has 0 aliphatic carbocycles. The van der Waals surface area contributed by atoms with Crippen LogP contribution in [0.5, 0.6) is 5.75 Å². The van der Waals surface area contributed by atoms with Crippen LogP contribution in [0.25, 0.3) is 0 Å². The zero-order valence-corrected chi connectivity index (χ0v) is 8.12. The Morgan fingerprint density at radius 2 is 2.21 bits per heavy atom. The largest absolute Gasteiger partial charge is 0.494 e. The van der Waals surface area contributed by atoms with Gasteiger partial charge in [0.2, 0.25) is 5.91 Å². The number of para-hydroxylation sites is 1. The van der Waals surface area contributed by atoms with Crippen molar-refractivity contribution in [2.45, 2.75) is 13.3 Å². The molecule has 0 radical (unpaired) electrons. The summed E-state index contributed by atoms with van der Waals surface area (Å²) in [6.45, 7) is 2.49. The zero-order valence-electron chi connectivity index (χ0n) is 8.12. The maximum atomic E-state index is 11.0. The van der Waals surface area contributed by atoms with Gasteiger partial charge >= 0.3 is 0 Å². The van der Waals surface area contributed by atoms with Crippen LogP contribution < -0.4 is 16.0 Å². The number of nitrogens with two attached hydrogens (primary N) is 1. The van der Waals surface area contributed by atoms with E-state index < -0.39 is 0 Å². The smallest absolute Gasteiger partial charge is 0.238 e. The van der Waals surface area contributed by atoms with E-state index in [2.05, 4.69) is 5.43 Å². The van der Waals surface area contributed by atoms with E-state index in [4.69, 9.17) is 10.6 Å². The molecule has 3 N–H and O–H groups in total. The van der Waals surface area contributed by atoms with Gasteiger partial charge in [0.05, 0.1) is 13.0 Å². The summed E-state index contributed by atoms with van der Waals surface area (Å²) in [6.07, 6.45) is 0.243. The number of amides is 1. The standard InChI is InChI=1S/C10H14N2O2/c1-2-14-9-6-4-3-5-8(9)7-10(13)12-11/h3-6H,2,7,11H2,1H3,(H,12,13). The minimum Gasteiger partial charge on any atom is -0.494 e. The molecule has 0 saturated heterocycles. The van der Waals surface area contributed by atoms with Crippen molar-refractivity contribution in [2.75, 3.05) is 6.61 Å². The van der Waals surface area contributed by atoms with E-state index in [-0.39, 0.29) is 12.3 Å². The van der Waals surface area contributed by atoms with Crippen molar-refractivity contribution in [3.8, 4) is 5.75 Å². The number of hydrazine groups is 1. The molecule has 14 heavy (non-hydrogen) atoms. The molecule has 0 bridgehead atoms. The second-order valence-corrected chi connectivity index (χ2v) is 2.79. The van der Waals surface area contributed by atoms with E-state index in [9.17, 15) is 4.79 Å². The number of carbonyl (C=O) groups excluding carboxylic acids is 1. The first-order chi connectivity index (χ1) is 6.77. The normalized spacial score (nSPS) is 9.57. The average molecular weight is 194 g/mol. The van der Waals surface area contributed by atoms with Crippen molar-refractivity contribution in [3.05, 3.63) is 29.8 Å². The molecule has 0 aromatic heterocycles. The molecule has 1 aromatic carbocycles. The first-order valence-electron chi connectivity index (χ1n) is 4.48. The van der Waals surface area contributed by atoms with Crippen molar-refractivity contribution in [3.63, 3.8) is 0 Å². The highest BCUT2D eigenvalue weighted by Crippen LogP contribution is 2.18. The quantitative estimate of drug-likeness (QED) is 0.419. The van der Waals surface area contributed by atoms with Gasteiger partial charge in [0.15, 0.2) is 0 Å². The summed E-state index contributed by atoms with van der Waals surface area (Å²) in [5.74, 6) is 5.51. The maximum absolute atomic E-state index is 11.0. The monoisotopic (exact) mass is 194 g/mol. The summed E-state index contributed by atoms with van der Waals surface area (Å²) in [5, 5.41) is 0. The molecule has 0 aliphatic rings. The summed E-state index contributed by atoms with van der Waals surface area (Å²) in [4.78, 5) is 11.0. The number of rotatable bonds is 4. The van der Waals surface area contributed by atoms with Crippen LogP contribution in [0.15, 0.2) is 24.3 Å². The second-order valence-electron chi connectivity index (χ2n) is 2.79. The van der Waals surface area contributed by atoms with Crippen LogP contribution in [0.4, 0.5) is 0 Å². The van der Waals surface area contributed by atoms with E-state index in [0.29, 0.717) is 6.61 Å². The Bertz CT molecular complexity index is 313. The summed E-state index contributed by atoms with van der Waals surface area (Å²) in [6, 6.07) is 7.42. The molecule has 0 atom stereocenters.